The Morgan fingerprint density at radius 2 is 2.50 bits per heavy atom. The highest BCUT2D eigenvalue weighted by atomic mass is 32.2. The van der Waals surface area contributed by atoms with E-state index in [1.807, 2.05) is 24.6 Å². The molecule has 2 atom stereocenters. The monoisotopic (exact) mass is 241 g/mol. The van der Waals surface area contributed by atoms with E-state index in [4.69, 9.17) is 5.11 Å². The Kier molecular flexibility index (Phi) is 3.20. The van der Waals surface area contributed by atoms with E-state index in [1.165, 1.54) is 0 Å². The van der Waals surface area contributed by atoms with Crippen molar-refractivity contribution in [2.45, 2.75) is 31.8 Å². The lowest BCUT2D eigenvalue weighted by molar-refractivity contribution is -0.138. The summed E-state index contributed by atoms with van der Waals surface area (Å²) in [5.74, 6) is -0.150. The standard InChI is InChI=1S/C10H15N3O2S/c1-6-3-7(2)13(12-6)4-9-11-8(5-16-9)10(14)15/h3,8-9,11H,4-5H2,1-2H3,(H,14,15)/t8-,9+/m0/s1. The van der Waals surface area contributed by atoms with Gasteiger partial charge in [-0.1, -0.05) is 0 Å². The van der Waals surface area contributed by atoms with Crippen molar-refractivity contribution in [3.05, 3.63) is 17.5 Å². The van der Waals surface area contributed by atoms with Crippen LogP contribution in [-0.2, 0) is 11.3 Å². The third-order valence-corrected chi connectivity index (χ3v) is 3.80. The van der Waals surface area contributed by atoms with Crippen molar-refractivity contribution in [2.75, 3.05) is 5.75 Å². The van der Waals surface area contributed by atoms with Gasteiger partial charge < -0.3 is 5.11 Å². The lowest BCUT2D eigenvalue weighted by Gasteiger charge is -2.12. The van der Waals surface area contributed by atoms with Crippen LogP contribution in [0.1, 0.15) is 11.4 Å². The zero-order chi connectivity index (χ0) is 11.7. The number of hydrogen-bond donors (Lipinski definition) is 2. The van der Waals surface area contributed by atoms with Crippen LogP contribution < -0.4 is 5.32 Å². The molecule has 0 aromatic carbocycles. The topological polar surface area (TPSA) is 67.2 Å². The molecule has 88 valence electrons. The van der Waals surface area contributed by atoms with Crippen molar-refractivity contribution >= 4 is 17.7 Å². The minimum atomic E-state index is -0.775. The summed E-state index contributed by atoms with van der Waals surface area (Å²) in [6.07, 6.45) is 0. The second-order valence-corrected chi connectivity index (χ2v) is 5.22. The van der Waals surface area contributed by atoms with Crippen molar-refractivity contribution in [1.82, 2.24) is 15.1 Å². The first-order valence-electron chi connectivity index (χ1n) is 5.18. The zero-order valence-corrected chi connectivity index (χ0v) is 10.1. The lowest BCUT2D eigenvalue weighted by atomic mass is 10.3. The summed E-state index contributed by atoms with van der Waals surface area (Å²) in [7, 11) is 0. The van der Waals surface area contributed by atoms with Crippen molar-refractivity contribution in [3.63, 3.8) is 0 Å². The second kappa shape index (κ2) is 4.47. The molecule has 16 heavy (non-hydrogen) atoms. The smallest absolute Gasteiger partial charge is 0.321 e. The fourth-order valence-electron chi connectivity index (χ4n) is 1.80. The molecule has 6 heteroatoms. The van der Waals surface area contributed by atoms with Gasteiger partial charge in [0.2, 0.25) is 0 Å². The SMILES string of the molecule is Cc1cc(C)n(C[C@@H]2N[C@H](C(=O)O)CS2)n1. The number of carboxylic acids is 1. The zero-order valence-electron chi connectivity index (χ0n) is 9.30. The van der Waals surface area contributed by atoms with Crippen LogP contribution in [0.25, 0.3) is 0 Å². The normalized spacial score (nSPS) is 24.9. The van der Waals surface area contributed by atoms with Crippen LogP contribution >= 0.6 is 11.8 Å². The summed E-state index contributed by atoms with van der Waals surface area (Å²) in [6, 6.07) is 1.60. The van der Waals surface area contributed by atoms with Crippen molar-refractivity contribution < 1.29 is 9.90 Å². The Morgan fingerprint density at radius 1 is 1.75 bits per heavy atom. The first-order valence-corrected chi connectivity index (χ1v) is 6.22. The van der Waals surface area contributed by atoms with E-state index in [2.05, 4.69) is 10.4 Å². The average Bonchev–Trinajstić information content (AvgIpc) is 2.75. The molecule has 5 nitrogen and oxygen atoms in total. The Hall–Kier alpha value is -1.01. The molecule has 1 saturated heterocycles. The number of aryl methyl sites for hydroxylation is 2. The van der Waals surface area contributed by atoms with E-state index in [0.29, 0.717) is 12.3 Å². The largest absolute Gasteiger partial charge is 0.480 e. The number of hydrogen-bond acceptors (Lipinski definition) is 4. The van der Waals surface area contributed by atoms with Crippen LogP contribution in [0.15, 0.2) is 6.07 Å². The summed E-state index contributed by atoms with van der Waals surface area (Å²) in [5, 5.41) is 16.4. The van der Waals surface area contributed by atoms with E-state index in [-0.39, 0.29) is 5.37 Å². The number of aromatic nitrogens is 2. The highest BCUT2D eigenvalue weighted by Crippen LogP contribution is 2.20. The summed E-state index contributed by atoms with van der Waals surface area (Å²) in [6.45, 7) is 4.68. The summed E-state index contributed by atoms with van der Waals surface area (Å²) in [4.78, 5) is 10.8. The molecule has 1 aromatic heterocycles. The molecule has 0 saturated carbocycles. The van der Waals surface area contributed by atoms with E-state index >= 15 is 0 Å². The van der Waals surface area contributed by atoms with E-state index < -0.39 is 12.0 Å². The number of nitrogens with one attached hydrogen (secondary N) is 1. The van der Waals surface area contributed by atoms with Crippen LogP contribution in [0.3, 0.4) is 0 Å². The van der Waals surface area contributed by atoms with Gasteiger partial charge in [-0.05, 0) is 19.9 Å². The summed E-state index contributed by atoms with van der Waals surface area (Å²) in [5.41, 5.74) is 2.11. The predicted octanol–water partition coefficient (Wildman–Crippen LogP) is 0.616. The predicted molar refractivity (Wildman–Crippen MR) is 62.5 cm³/mol. The molecule has 0 spiro atoms. The number of carbonyl (C=O) groups is 1. The van der Waals surface area contributed by atoms with E-state index in [9.17, 15) is 4.79 Å². The lowest BCUT2D eigenvalue weighted by Crippen LogP contribution is -2.38. The molecule has 0 bridgehead atoms. The summed E-state index contributed by atoms with van der Waals surface area (Å²) < 4.78 is 1.92. The molecule has 0 unspecified atom stereocenters. The molecule has 0 amide bonds. The van der Waals surface area contributed by atoms with Gasteiger partial charge in [0, 0.05) is 11.4 Å². The molecule has 1 aromatic rings. The van der Waals surface area contributed by atoms with E-state index in [0.717, 1.165) is 11.4 Å². The fraction of sp³-hybridized carbons (Fsp3) is 0.600. The first kappa shape index (κ1) is 11.5. The van der Waals surface area contributed by atoms with Crippen LogP contribution in [0.5, 0.6) is 0 Å². The third-order valence-electron chi connectivity index (χ3n) is 2.59. The van der Waals surface area contributed by atoms with Crippen LogP contribution in [-0.4, -0.2) is 38.0 Å². The third kappa shape index (κ3) is 2.38. The first-order chi connectivity index (χ1) is 7.56. The Balaban J connectivity index is 1.97. The molecule has 2 N–H and O–H groups in total. The maximum Gasteiger partial charge on any atom is 0.321 e. The van der Waals surface area contributed by atoms with Gasteiger partial charge in [0.05, 0.1) is 17.6 Å². The van der Waals surface area contributed by atoms with Crippen molar-refractivity contribution in [2.24, 2.45) is 0 Å². The van der Waals surface area contributed by atoms with Gasteiger partial charge in [-0.25, -0.2) is 0 Å². The molecule has 2 heterocycles. The van der Waals surface area contributed by atoms with Crippen molar-refractivity contribution in [3.8, 4) is 0 Å². The molecule has 1 aliphatic rings. The molecule has 1 aliphatic heterocycles. The van der Waals surface area contributed by atoms with Gasteiger partial charge in [0.15, 0.2) is 0 Å². The minimum Gasteiger partial charge on any atom is -0.480 e. The fourth-order valence-corrected chi connectivity index (χ4v) is 2.97. The second-order valence-electron chi connectivity index (χ2n) is 3.99. The summed E-state index contributed by atoms with van der Waals surface area (Å²) >= 11 is 1.64. The number of aliphatic carboxylic acids is 1. The van der Waals surface area contributed by atoms with Crippen LogP contribution in [0.4, 0.5) is 0 Å². The Bertz CT molecular complexity index is 405. The minimum absolute atomic E-state index is 0.138. The van der Waals surface area contributed by atoms with Gasteiger partial charge in [-0.3, -0.25) is 14.8 Å². The highest BCUT2D eigenvalue weighted by Gasteiger charge is 2.29. The molecular formula is C10H15N3O2S. The van der Waals surface area contributed by atoms with Gasteiger partial charge in [0.1, 0.15) is 6.04 Å². The maximum atomic E-state index is 10.8. The number of carboxylic acid groups (broad SMARTS) is 1. The van der Waals surface area contributed by atoms with Crippen LogP contribution in [0, 0.1) is 13.8 Å². The molecule has 0 radical (unpaired) electrons. The molecule has 1 fully saturated rings. The van der Waals surface area contributed by atoms with Gasteiger partial charge >= 0.3 is 5.97 Å². The Morgan fingerprint density at radius 3 is 3.00 bits per heavy atom. The number of nitrogens with zero attached hydrogens (tertiary/aromatic N) is 2. The highest BCUT2D eigenvalue weighted by molar-refractivity contribution is 8.00. The van der Waals surface area contributed by atoms with Gasteiger partial charge in [-0.2, -0.15) is 5.10 Å². The van der Waals surface area contributed by atoms with Gasteiger partial charge in [0.25, 0.3) is 0 Å². The number of thioether (sulfide) groups is 1. The average molecular weight is 241 g/mol. The van der Waals surface area contributed by atoms with E-state index in [1.54, 1.807) is 11.8 Å². The number of rotatable bonds is 3. The molecule has 2 rings (SSSR count). The molecule has 0 aliphatic carbocycles. The van der Waals surface area contributed by atoms with Crippen LogP contribution in [0.2, 0.25) is 0 Å². The van der Waals surface area contributed by atoms with Crippen molar-refractivity contribution in [1.29, 1.82) is 0 Å². The Labute approximate surface area is 98.2 Å². The van der Waals surface area contributed by atoms with Gasteiger partial charge in [-0.15, -0.1) is 11.8 Å². The molecular weight excluding hydrogens is 226 g/mol. The quantitative estimate of drug-likeness (QED) is 0.812. The maximum absolute atomic E-state index is 10.8.